The zero-order valence-corrected chi connectivity index (χ0v) is 20.2. The Balaban J connectivity index is 1.39. The summed E-state index contributed by atoms with van der Waals surface area (Å²) in [7, 11) is 0. The largest absolute Gasteiger partial charge is 0.484 e. The van der Waals surface area contributed by atoms with Crippen LogP contribution >= 0.6 is 0 Å². The average Bonchev–Trinajstić information content (AvgIpc) is 3.34. The number of benzene rings is 2. The molecule has 2 N–H and O–H groups in total. The summed E-state index contributed by atoms with van der Waals surface area (Å²) in [5.74, 6) is 0.449. The first kappa shape index (κ1) is 24.7. The fraction of sp³-hybridized carbons (Fsp3) is 0.346. The number of amides is 4. The molecule has 2 aromatic carbocycles. The van der Waals surface area contributed by atoms with E-state index < -0.39 is 12.2 Å². The topological polar surface area (TPSA) is 127 Å². The predicted octanol–water partition coefficient (Wildman–Crippen LogP) is 2.70. The summed E-state index contributed by atoms with van der Waals surface area (Å²) in [5, 5.41) is 14.8. The summed E-state index contributed by atoms with van der Waals surface area (Å²) < 4.78 is 5.58. The molecule has 4 amide bonds. The van der Waals surface area contributed by atoms with Crippen molar-refractivity contribution in [3.8, 4) is 11.8 Å². The van der Waals surface area contributed by atoms with E-state index in [2.05, 4.69) is 15.6 Å². The van der Waals surface area contributed by atoms with Gasteiger partial charge in [0.1, 0.15) is 17.6 Å². The molecule has 10 heteroatoms. The van der Waals surface area contributed by atoms with Gasteiger partial charge in [0, 0.05) is 24.3 Å². The maximum Gasteiger partial charge on any atom is 0.328 e. The number of urea groups is 1. The zero-order valence-electron chi connectivity index (χ0n) is 20.2. The maximum absolute atomic E-state index is 13.0. The standard InChI is InChI=1S/C26H28N6O4/c1-3-13-31-24-22(25(34)32(14-4-2)26(31)35)29-23(30-24)18-7-11-20(12-8-18)36-16-21(33)28-19-9-5-17(15-27)6-10-19/h5-12,22,24H,3-4,13-14,16H2,1-2H3,(H,28,33)(H,29,30). The third-order valence-corrected chi connectivity index (χ3v) is 5.89. The molecule has 4 rings (SSSR count). The molecule has 0 aliphatic carbocycles. The van der Waals surface area contributed by atoms with Gasteiger partial charge in [-0.2, -0.15) is 5.26 Å². The van der Waals surface area contributed by atoms with Gasteiger partial charge in [-0.3, -0.25) is 19.4 Å². The van der Waals surface area contributed by atoms with Crippen LogP contribution in [0, 0.1) is 11.3 Å². The van der Waals surface area contributed by atoms with Gasteiger partial charge < -0.3 is 15.4 Å². The van der Waals surface area contributed by atoms with Crippen molar-refractivity contribution in [3.63, 3.8) is 0 Å². The number of hydrogen-bond donors (Lipinski definition) is 2. The number of carbonyl (C=O) groups is 3. The fourth-order valence-corrected chi connectivity index (χ4v) is 4.17. The SMILES string of the molecule is CCCN1C(=O)C2NC(c3ccc(OCC(=O)Nc4ccc(C#N)cc4)cc3)=NC2N(CCC)C1=O. The van der Waals surface area contributed by atoms with E-state index in [4.69, 9.17) is 10.00 Å². The minimum Gasteiger partial charge on any atom is -0.484 e. The Morgan fingerprint density at radius 2 is 1.78 bits per heavy atom. The van der Waals surface area contributed by atoms with Crippen LogP contribution in [-0.4, -0.2) is 65.4 Å². The number of nitrogens with one attached hydrogen (secondary N) is 2. The third kappa shape index (κ3) is 5.15. The molecule has 0 spiro atoms. The first-order chi connectivity index (χ1) is 17.4. The van der Waals surface area contributed by atoms with Crippen LogP contribution in [0.3, 0.4) is 0 Å². The first-order valence-corrected chi connectivity index (χ1v) is 11.9. The maximum atomic E-state index is 13.0. The summed E-state index contributed by atoms with van der Waals surface area (Å²) in [4.78, 5) is 45.7. The van der Waals surface area contributed by atoms with E-state index in [-0.39, 0.29) is 24.5 Å². The second kappa shape index (κ2) is 10.9. The molecular formula is C26H28N6O4. The van der Waals surface area contributed by atoms with Crippen LogP contribution in [0.15, 0.2) is 53.5 Å². The number of hydrogen-bond acceptors (Lipinski definition) is 7. The van der Waals surface area contributed by atoms with Gasteiger partial charge in [-0.1, -0.05) is 13.8 Å². The van der Waals surface area contributed by atoms with E-state index in [1.165, 1.54) is 4.90 Å². The van der Waals surface area contributed by atoms with Crippen LogP contribution in [0.25, 0.3) is 0 Å². The smallest absolute Gasteiger partial charge is 0.328 e. The molecule has 2 atom stereocenters. The molecule has 2 heterocycles. The second-order valence-corrected chi connectivity index (χ2v) is 8.53. The summed E-state index contributed by atoms with van der Waals surface area (Å²) in [5.41, 5.74) is 1.84. The van der Waals surface area contributed by atoms with Crippen LogP contribution in [0.5, 0.6) is 5.75 Å². The lowest BCUT2D eigenvalue weighted by atomic mass is 10.1. The number of nitriles is 1. The Morgan fingerprint density at radius 1 is 1.08 bits per heavy atom. The number of nitrogens with zero attached hydrogens (tertiary/aromatic N) is 4. The first-order valence-electron chi connectivity index (χ1n) is 11.9. The van der Waals surface area contributed by atoms with Crippen LogP contribution < -0.4 is 15.4 Å². The van der Waals surface area contributed by atoms with E-state index in [1.807, 2.05) is 19.9 Å². The van der Waals surface area contributed by atoms with Gasteiger partial charge in [0.15, 0.2) is 12.8 Å². The Kier molecular flexibility index (Phi) is 7.49. The van der Waals surface area contributed by atoms with Gasteiger partial charge in [0.2, 0.25) is 0 Å². The molecule has 2 aliphatic rings. The molecule has 2 unspecified atom stereocenters. The highest BCUT2D eigenvalue weighted by Crippen LogP contribution is 2.25. The summed E-state index contributed by atoms with van der Waals surface area (Å²) in [6.45, 7) is 4.63. The lowest BCUT2D eigenvalue weighted by Gasteiger charge is -2.40. The molecule has 36 heavy (non-hydrogen) atoms. The number of ether oxygens (including phenoxy) is 1. The van der Waals surface area contributed by atoms with Crippen molar-refractivity contribution >= 4 is 29.4 Å². The normalized spacial score (nSPS) is 18.8. The minimum absolute atomic E-state index is 0.182. The number of rotatable bonds is 9. The zero-order chi connectivity index (χ0) is 25.7. The van der Waals surface area contributed by atoms with E-state index in [1.54, 1.807) is 53.4 Å². The highest BCUT2D eigenvalue weighted by molar-refractivity contribution is 6.08. The van der Waals surface area contributed by atoms with E-state index >= 15 is 0 Å². The highest BCUT2D eigenvalue weighted by atomic mass is 16.5. The molecule has 0 radical (unpaired) electrons. The molecule has 10 nitrogen and oxygen atoms in total. The second-order valence-electron chi connectivity index (χ2n) is 8.53. The van der Waals surface area contributed by atoms with Gasteiger partial charge in [-0.15, -0.1) is 0 Å². The van der Waals surface area contributed by atoms with Gasteiger partial charge in [0.05, 0.1) is 11.6 Å². The molecule has 186 valence electrons. The highest BCUT2D eigenvalue weighted by Gasteiger charge is 2.49. The predicted molar refractivity (Wildman–Crippen MR) is 133 cm³/mol. The Bertz CT molecular complexity index is 1200. The summed E-state index contributed by atoms with van der Waals surface area (Å²) >= 11 is 0. The van der Waals surface area contributed by atoms with Crippen LogP contribution in [-0.2, 0) is 9.59 Å². The number of carbonyl (C=O) groups excluding carboxylic acids is 3. The summed E-state index contributed by atoms with van der Waals surface area (Å²) in [6.07, 6.45) is 0.878. The van der Waals surface area contributed by atoms with Crippen molar-refractivity contribution < 1.29 is 19.1 Å². The van der Waals surface area contributed by atoms with Crippen LogP contribution in [0.2, 0.25) is 0 Å². The lowest BCUT2D eigenvalue weighted by Crippen LogP contribution is -2.65. The monoisotopic (exact) mass is 488 g/mol. The van der Waals surface area contributed by atoms with Crippen molar-refractivity contribution in [2.45, 2.75) is 38.9 Å². The number of aliphatic imine (C=N–C) groups is 1. The van der Waals surface area contributed by atoms with E-state index in [0.717, 1.165) is 12.0 Å². The van der Waals surface area contributed by atoms with Crippen molar-refractivity contribution in [1.29, 1.82) is 5.26 Å². The van der Waals surface area contributed by atoms with Gasteiger partial charge in [-0.25, -0.2) is 9.79 Å². The van der Waals surface area contributed by atoms with Crippen molar-refractivity contribution in [1.82, 2.24) is 15.1 Å². The number of fused-ring (bicyclic) bond motifs is 1. The van der Waals surface area contributed by atoms with Gasteiger partial charge in [-0.05, 0) is 61.4 Å². The summed E-state index contributed by atoms with van der Waals surface area (Å²) in [6, 6.07) is 14.7. The molecule has 1 fully saturated rings. The van der Waals surface area contributed by atoms with Crippen molar-refractivity contribution in [3.05, 3.63) is 59.7 Å². The number of imide groups is 1. The van der Waals surface area contributed by atoms with Crippen LogP contribution in [0.1, 0.15) is 37.8 Å². The van der Waals surface area contributed by atoms with Crippen molar-refractivity contribution in [2.24, 2.45) is 4.99 Å². The molecule has 0 bridgehead atoms. The Morgan fingerprint density at radius 3 is 2.42 bits per heavy atom. The number of amidine groups is 1. The van der Waals surface area contributed by atoms with Gasteiger partial charge in [0.25, 0.3) is 11.8 Å². The quantitative estimate of drug-likeness (QED) is 0.559. The van der Waals surface area contributed by atoms with Gasteiger partial charge >= 0.3 is 6.03 Å². The van der Waals surface area contributed by atoms with Crippen LogP contribution in [0.4, 0.5) is 10.5 Å². The molecule has 2 aliphatic heterocycles. The van der Waals surface area contributed by atoms with E-state index in [0.29, 0.717) is 42.3 Å². The Hall–Kier alpha value is -4.39. The molecule has 2 aromatic rings. The molecule has 0 saturated carbocycles. The van der Waals surface area contributed by atoms with Crippen molar-refractivity contribution in [2.75, 3.05) is 25.0 Å². The molecular weight excluding hydrogens is 460 g/mol. The average molecular weight is 489 g/mol. The fourth-order valence-electron chi connectivity index (χ4n) is 4.17. The van der Waals surface area contributed by atoms with E-state index in [9.17, 15) is 14.4 Å². The molecule has 1 saturated heterocycles. The minimum atomic E-state index is -0.613. The Labute approximate surface area is 209 Å². The lowest BCUT2D eigenvalue weighted by molar-refractivity contribution is -0.134. The third-order valence-electron chi connectivity index (χ3n) is 5.89. The molecule has 0 aromatic heterocycles. The number of anilines is 1.